The maximum atomic E-state index is 9.29. The summed E-state index contributed by atoms with van der Waals surface area (Å²) in [4.78, 5) is 0. The summed E-state index contributed by atoms with van der Waals surface area (Å²) >= 11 is 0. The van der Waals surface area contributed by atoms with E-state index in [4.69, 9.17) is 0 Å². The van der Waals surface area contributed by atoms with Crippen LogP contribution in [-0.4, -0.2) is 5.11 Å². The van der Waals surface area contributed by atoms with Gasteiger partial charge in [-0.1, -0.05) is 36.4 Å². The van der Waals surface area contributed by atoms with Gasteiger partial charge in [-0.2, -0.15) is 0 Å². The van der Waals surface area contributed by atoms with Gasteiger partial charge < -0.3 is 5.11 Å². The molecule has 1 heteroatoms. The summed E-state index contributed by atoms with van der Waals surface area (Å²) in [5.74, 6) is 0. The van der Waals surface area contributed by atoms with Crippen molar-refractivity contribution in [2.24, 2.45) is 0 Å². The molecule has 50 valence electrons. The predicted molar refractivity (Wildman–Crippen MR) is 41.5 cm³/mol. The molecule has 1 nitrogen and oxygen atoms in total. The molecule has 1 aliphatic carbocycles. The molecule has 1 N–H and O–H groups in total. The molecule has 1 aromatic carbocycles. The van der Waals surface area contributed by atoms with Gasteiger partial charge in [0.15, 0.2) is 0 Å². The number of hydrogen-bond acceptors (Lipinski definition) is 1. The van der Waals surface area contributed by atoms with Crippen molar-refractivity contribution in [1.29, 1.82) is 0 Å². The molecular formula is C9H9O+. The zero-order valence-corrected chi connectivity index (χ0v) is 5.49. The molecule has 0 heterocycles. The van der Waals surface area contributed by atoms with Crippen molar-refractivity contribution in [3.8, 4) is 0 Å². The number of rotatable bonds is 0. The van der Waals surface area contributed by atoms with Crippen LogP contribution >= 0.6 is 0 Å². The molecule has 0 saturated heterocycles. The van der Waals surface area contributed by atoms with Gasteiger partial charge in [0.25, 0.3) is 0 Å². The fourth-order valence-electron chi connectivity index (χ4n) is 1.23. The largest absolute Gasteiger partial charge is 1.00 e. The van der Waals surface area contributed by atoms with Gasteiger partial charge >= 0.3 is 1.43 Å². The lowest BCUT2D eigenvalue weighted by atomic mass is 10.1. The molecule has 1 aromatic rings. The first kappa shape index (κ1) is 5.69. The molecule has 2 rings (SSSR count). The first-order valence-corrected chi connectivity index (χ1v) is 3.33. The van der Waals surface area contributed by atoms with Crippen LogP contribution in [0.25, 0.3) is 6.08 Å². The fourth-order valence-corrected chi connectivity index (χ4v) is 1.23. The zero-order valence-electron chi connectivity index (χ0n) is 6.49. The highest BCUT2D eigenvalue weighted by atomic mass is 16.3. The predicted octanol–water partition coefficient (Wildman–Crippen LogP) is 1.86. The lowest BCUT2D eigenvalue weighted by Crippen LogP contribution is -1.88. The van der Waals surface area contributed by atoms with Crippen LogP contribution in [0.2, 0.25) is 0 Å². The van der Waals surface area contributed by atoms with E-state index >= 15 is 0 Å². The quantitative estimate of drug-likeness (QED) is 0.572. The molecule has 0 fully saturated rings. The van der Waals surface area contributed by atoms with Gasteiger partial charge in [-0.05, 0) is 11.1 Å². The SMILES string of the molecule is OC1C=Cc2ccccc21.[H+]. The number of fused-ring (bicyclic) bond motifs is 1. The average Bonchev–Trinajstić information content (AvgIpc) is 2.34. The van der Waals surface area contributed by atoms with E-state index in [2.05, 4.69) is 0 Å². The minimum absolute atomic E-state index is 0. The smallest absolute Gasteiger partial charge is 0.384 e. The Labute approximate surface area is 61.1 Å². The summed E-state index contributed by atoms with van der Waals surface area (Å²) in [6.45, 7) is 0. The summed E-state index contributed by atoms with van der Waals surface area (Å²) < 4.78 is 0. The Morgan fingerprint density at radius 2 is 2.10 bits per heavy atom. The Morgan fingerprint density at radius 3 is 2.90 bits per heavy atom. The molecule has 1 unspecified atom stereocenters. The Morgan fingerprint density at radius 1 is 1.30 bits per heavy atom. The van der Waals surface area contributed by atoms with E-state index < -0.39 is 0 Å². The maximum Gasteiger partial charge on any atom is 1.00 e. The highest BCUT2D eigenvalue weighted by Crippen LogP contribution is 2.26. The van der Waals surface area contributed by atoms with Crippen molar-refractivity contribution in [3.05, 3.63) is 41.5 Å². The van der Waals surface area contributed by atoms with Crippen molar-refractivity contribution in [1.82, 2.24) is 0 Å². The second kappa shape index (κ2) is 1.96. The van der Waals surface area contributed by atoms with Gasteiger partial charge in [0.05, 0.1) is 6.10 Å². The summed E-state index contributed by atoms with van der Waals surface area (Å²) in [6.07, 6.45) is 3.36. The Bertz CT molecular complexity index is 281. The van der Waals surface area contributed by atoms with Crippen molar-refractivity contribution < 1.29 is 6.53 Å². The second-order valence-electron chi connectivity index (χ2n) is 2.43. The first-order valence-electron chi connectivity index (χ1n) is 3.33. The average molecular weight is 133 g/mol. The van der Waals surface area contributed by atoms with E-state index in [1.807, 2.05) is 30.3 Å². The third-order valence-electron chi connectivity index (χ3n) is 1.77. The summed E-state index contributed by atoms with van der Waals surface area (Å²) in [5, 5.41) is 9.29. The minimum atomic E-state index is -0.379. The third-order valence-corrected chi connectivity index (χ3v) is 1.77. The van der Waals surface area contributed by atoms with Crippen molar-refractivity contribution >= 4 is 6.08 Å². The maximum absolute atomic E-state index is 9.29. The van der Waals surface area contributed by atoms with Gasteiger partial charge in [-0.25, -0.2) is 0 Å². The van der Waals surface area contributed by atoms with Crippen LogP contribution in [-0.2, 0) is 0 Å². The van der Waals surface area contributed by atoms with E-state index in [0.29, 0.717) is 0 Å². The Balaban J connectivity index is 0.000000605. The van der Waals surface area contributed by atoms with Gasteiger partial charge in [0, 0.05) is 0 Å². The molecule has 0 aliphatic heterocycles. The molecule has 0 aromatic heterocycles. The normalized spacial score (nSPS) is 21.1. The molecule has 0 radical (unpaired) electrons. The molecule has 0 saturated carbocycles. The summed E-state index contributed by atoms with van der Waals surface area (Å²) in [6, 6.07) is 7.86. The van der Waals surface area contributed by atoms with Crippen molar-refractivity contribution in [2.75, 3.05) is 0 Å². The van der Waals surface area contributed by atoms with E-state index in [0.717, 1.165) is 11.1 Å². The Hall–Kier alpha value is -1.08. The topological polar surface area (TPSA) is 20.2 Å². The number of aliphatic hydroxyl groups is 1. The van der Waals surface area contributed by atoms with Gasteiger partial charge in [-0.15, -0.1) is 0 Å². The number of aliphatic hydroxyl groups excluding tert-OH is 1. The van der Waals surface area contributed by atoms with Crippen LogP contribution < -0.4 is 0 Å². The monoisotopic (exact) mass is 133 g/mol. The highest BCUT2D eigenvalue weighted by Gasteiger charge is 2.11. The van der Waals surface area contributed by atoms with Crippen LogP contribution in [0.4, 0.5) is 0 Å². The lowest BCUT2D eigenvalue weighted by Gasteiger charge is -2.00. The molecule has 0 amide bonds. The lowest BCUT2D eigenvalue weighted by molar-refractivity contribution is 0.232. The summed E-state index contributed by atoms with van der Waals surface area (Å²) in [7, 11) is 0. The van der Waals surface area contributed by atoms with E-state index in [1.54, 1.807) is 6.08 Å². The molecule has 0 bridgehead atoms. The van der Waals surface area contributed by atoms with Gasteiger partial charge in [-0.3, -0.25) is 0 Å². The molecule has 1 atom stereocenters. The first-order chi connectivity index (χ1) is 4.88. The molecule has 1 aliphatic rings. The number of benzene rings is 1. The van der Waals surface area contributed by atoms with Crippen LogP contribution in [0.1, 0.15) is 18.7 Å². The van der Waals surface area contributed by atoms with Gasteiger partial charge in [0.2, 0.25) is 0 Å². The summed E-state index contributed by atoms with van der Waals surface area (Å²) in [5.41, 5.74) is 2.15. The van der Waals surface area contributed by atoms with Gasteiger partial charge in [0.1, 0.15) is 0 Å². The third kappa shape index (κ3) is 0.677. The van der Waals surface area contributed by atoms with Crippen LogP contribution in [0.3, 0.4) is 0 Å². The minimum Gasteiger partial charge on any atom is -0.384 e. The van der Waals surface area contributed by atoms with E-state index in [9.17, 15) is 5.11 Å². The van der Waals surface area contributed by atoms with Crippen LogP contribution in [0.15, 0.2) is 30.3 Å². The molecule has 10 heavy (non-hydrogen) atoms. The van der Waals surface area contributed by atoms with Crippen LogP contribution in [0.5, 0.6) is 0 Å². The fraction of sp³-hybridized carbons (Fsp3) is 0.111. The van der Waals surface area contributed by atoms with E-state index in [-0.39, 0.29) is 7.53 Å². The number of hydrogen-bond donors (Lipinski definition) is 1. The molecule has 0 spiro atoms. The zero-order chi connectivity index (χ0) is 6.97. The highest BCUT2D eigenvalue weighted by molar-refractivity contribution is 5.61. The second-order valence-corrected chi connectivity index (χ2v) is 2.43. The van der Waals surface area contributed by atoms with Crippen molar-refractivity contribution in [3.63, 3.8) is 0 Å². The van der Waals surface area contributed by atoms with Crippen LogP contribution in [0, 0.1) is 0 Å². The Kier molecular flexibility index (Phi) is 1.11. The van der Waals surface area contributed by atoms with E-state index in [1.165, 1.54) is 0 Å². The molecular weight excluding hydrogens is 124 g/mol. The standard InChI is InChI=1S/C9H8O/c10-9-6-5-7-3-1-2-4-8(7)9/h1-6,9-10H/p+1. The van der Waals surface area contributed by atoms with Crippen molar-refractivity contribution in [2.45, 2.75) is 6.10 Å².